The molecule has 0 rings (SSSR count). The van der Waals surface area contributed by atoms with Gasteiger partial charge in [-0.2, -0.15) is 8.42 Å². The summed E-state index contributed by atoms with van der Waals surface area (Å²) in [6, 6.07) is 0. The topological polar surface area (TPSA) is 54.4 Å². The summed E-state index contributed by atoms with van der Waals surface area (Å²) >= 11 is 0. The van der Waals surface area contributed by atoms with Crippen molar-refractivity contribution in [1.82, 2.24) is 0 Å². The van der Waals surface area contributed by atoms with Crippen molar-refractivity contribution in [2.45, 2.75) is 52.2 Å². The van der Waals surface area contributed by atoms with E-state index in [1.165, 1.54) is 0 Å². The Balaban J connectivity index is 4.18. The van der Waals surface area contributed by atoms with Gasteiger partial charge < -0.3 is 0 Å². The minimum absolute atomic E-state index is 0.123. The highest BCUT2D eigenvalue weighted by Gasteiger charge is 2.23. The fourth-order valence-corrected chi connectivity index (χ4v) is 1.99. The zero-order chi connectivity index (χ0) is 10.7. The second-order valence-corrected chi connectivity index (χ2v) is 6.34. The van der Waals surface area contributed by atoms with Crippen molar-refractivity contribution in [3.8, 4) is 0 Å². The maximum atomic E-state index is 10.8. The smallest absolute Gasteiger partial charge is 0.267 e. The van der Waals surface area contributed by atoms with Crippen molar-refractivity contribution in [1.29, 1.82) is 0 Å². The third-order valence-electron chi connectivity index (χ3n) is 2.09. The average Bonchev–Trinajstić information content (AvgIpc) is 1.82. The third kappa shape index (κ3) is 6.05. The third-order valence-corrected chi connectivity index (χ3v) is 3.50. The Kier molecular flexibility index (Phi) is 4.39. The first-order chi connectivity index (χ1) is 5.67. The lowest BCUT2D eigenvalue weighted by molar-refractivity contribution is 0.353. The molecule has 0 fully saturated rings. The summed E-state index contributed by atoms with van der Waals surface area (Å²) in [6.07, 6.45) is 1.83. The molecule has 4 heteroatoms. The van der Waals surface area contributed by atoms with Gasteiger partial charge in [0.25, 0.3) is 10.1 Å². The van der Waals surface area contributed by atoms with E-state index in [9.17, 15) is 8.42 Å². The Hall–Kier alpha value is -0.0900. The Labute approximate surface area is 81.3 Å². The zero-order valence-corrected chi connectivity index (χ0v) is 9.69. The van der Waals surface area contributed by atoms with Gasteiger partial charge >= 0.3 is 0 Å². The zero-order valence-electron chi connectivity index (χ0n) is 8.87. The van der Waals surface area contributed by atoms with E-state index in [2.05, 4.69) is 20.8 Å². The first-order valence-electron chi connectivity index (χ1n) is 4.63. The van der Waals surface area contributed by atoms with Gasteiger partial charge in [0.2, 0.25) is 0 Å². The summed E-state index contributed by atoms with van der Waals surface area (Å²) < 4.78 is 30.5. The largest absolute Gasteiger partial charge is 0.285 e. The summed E-state index contributed by atoms with van der Waals surface area (Å²) in [7, 11) is -3.84. The van der Waals surface area contributed by atoms with E-state index in [-0.39, 0.29) is 5.41 Å². The summed E-state index contributed by atoms with van der Waals surface area (Å²) in [5.74, 6) is 0. The van der Waals surface area contributed by atoms with Crippen molar-refractivity contribution in [2.75, 3.05) is 0 Å². The molecule has 0 radical (unpaired) electrons. The molecule has 0 amide bonds. The van der Waals surface area contributed by atoms with Crippen LogP contribution in [0, 0.1) is 5.41 Å². The van der Waals surface area contributed by atoms with Crippen LogP contribution in [0.15, 0.2) is 0 Å². The van der Waals surface area contributed by atoms with Crippen LogP contribution in [0.5, 0.6) is 0 Å². The summed E-state index contributed by atoms with van der Waals surface area (Å²) in [5.41, 5.74) is 0.123. The Morgan fingerprint density at radius 1 is 1.31 bits per heavy atom. The van der Waals surface area contributed by atoms with Crippen LogP contribution in [-0.4, -0.2) is 18.2 Å². The van der Waals surface area contributed by atoms with Gasteiger partial charge in [-0.25, -0.2) is 0 Å². The first-order valence-corrected chi connectivity index (χ1v) is 6.13. The van der Waals surface area contributed by atoms with Gasteiger partial charge in [-0.15, -0.1) is 0 Å². The van der Waals surface area contributed by atoms with Gasteiger partial charge in [0, 0.05) is 0 Å². The van der Waals surface area contributed by atoms with Crippen LogP contribution in [0.3, 0.4) is 0 Å². The van der Waals surface area contributed by atoms with Crippen molar-refractivity contribution in [3.05, 3.63) is 0 Å². The molecule has 1 unspecified atom stereocenters. The van der Waals surface area contributed by atoms with Crippen LogP contribution >= 0.6 is 0 Å². The normalized spacial score (nSPS) is 15.8. The summed E-state index contributed by atoms with van der Waals surface area (Å²) in [5, 5.41) is -0.591. The molecule has 0 saturated heterocycles. The molecule has 0 aromatic heterocycles. The van der Waals surface area contributed by atoms with Gasteiger partial charge in [0.15, 0.2) is 0 Å². The van der Waals surface area contributed by atoms with E-state index in [1.54, 1.807) is 6.92 Å². The minimum atomic E-state index is -3.84. The maximum Gasteiger partial charge on any atom is 0.267 e. The molecule has 0 aromatic rings. The lowest BCUT2D eigenvalue weighted by atomic mass is 9.89. The molecule has 0 aliphatic heterocycles. The van der Waals surface area contributed by atoms with E-state index in [4.69, 9.17) is 4.55 Å². The van der Waals surface area contributed by atoms with E-state index < -0.39 is 15.4 Å². The van der Waals surface area contributed by atoms with Gasteiger partial charge in [0.05, 0.1) is 5.25 Å². The van der Waals surface area contributed by atoms with Crippen molar-refractivity contribution < 1.29 is 13.0 Å². The number of hydrogen-bond acceptors (Lipinski definition) is 2. The quantitative estimate of drug-likeness (QED) is 0.722. The second kappa shape index (κ2) is 4.42. The van der Waals surface area contributed by atoms with Gasteiger partial charge in [-0.3, -0.25) is 4.55 Å². The lowest BCUT2D eigenvalue weighted by Crippen LogP contribution is -2.21. The SMILES string of the molecule is CCC(CCC(C)(C)C)S(=O)(=O)O. The molecular weight excluding hydrogens is 188 g/mol. The molecule has 0 aliphatic rings. The van der Waals surface area contributed by atoms with Crippen LogP contribution in [0.4, 0.5) is 0 Å². The Bertz CT molecular complexity index is 236. The predicted octanol–water partition coefficient (Wildman–Crippen LogP) is 2.48. The molecular formula is C9H20O3S. The van der Waals surface area contributed by atoms with Crippen molar-refractivity contribution in [2.24, 2.45) is 5.41 Å². The second-order valence-electron chi connectivity index (χ2n) is 4.64. The molecule has 1 N–H and O–H groups in total. The maximum absolute atomic E-state index is 10.8. The molecule has 0 saturated carbocycles. The molecule has 0 aromatic carbocycles. The molecule has 80 valence electrons. The first kappa shape index (κ1) is 12.9. The average molecular weight is 208 g/mol. The summed E-state index contributed by atoms with van der Waals surface area (Å²) in [4.78, 5) is 0. The lowest BCUT2D eigenvalue weighted by Gasteiger charge is -2.20. The van der Waals surface area contributed by atoms with E-state index >= 15 is 0 Å². The van der Waals surface area contributed by atoms with Gasteiger partial charge in [0.1, 0.15) is 0 Å². The minimum Gasteiger partial charge on any atom is -0.285 e. The van der Waals surface area contributed by atoms with Gasteiger partial charge in [-0.05, 0) is 24.7 Å². The highest BCUT2D eigenvalue weighted by atomic mass is 32.2. The number of hydrogen-bond donors (Lipinski definition) is 1. The van der Waals surface area contributed by atoms with E-state index in [0.717, 1.165) is 6.42 Å². The van der Waals surface area contributed by atoms with Gasteiger partial charge in [-0.1, -0.05) is 27.7 Å². The molecule has 0 spiro atoms. The molecule has 0 bridgehead atoms. The highest BCUT2D eigenvalue weighted by molar-refractivity contribution is 7.86. The fourth-order valence-electron chi connectivity index (χ4n) is 1.16. The van der Waals surface area contributed by atoms with Crippen LogP contribution in [0.2, 0.25) is 0 Å². The molecule has 3 nitrogen and oxygen atoms in total. The van der Waals surface area contributed by atoms with Crippen molar-refractivity contribution in [3.63, 3.8) is 0 Å². The standard InChI is InChI=1S/C9H20O3S/c1-5-8(13(10,11)12)6-7-9(2,3)4/h8H,5-7H2,1-4H3,(H,10,11,12). The van der Waals surface area contributed by atoms with Crippen LogP contribution in [0.1, 0.15) is 47.0 Å². The van der Waals surface area contributed by atoms with Crippen LogP contribution < -0.4 is 0 Å². The fraction of sp³-hybridized carbons (Fsp3) is 1.00. The monoisotopic (exact) mass is 208 g/mol. The highest BCUT2D eigenvalue weighted by Crippen LogP contribution is 2.24. The van der Waals surface area contributed by atoms with E-state index in [1.807, 2.05) is 0 Å². The molecule has 0 heterocycles. The summed E-state index contributed by atoms with van der Waals surface area (Å²) in [6.45, 7) is 7.96. The van der Waals surface area contributed by atoms with Crippen LogP contribution in [-0.2, 0) is 10.1 Å². The number of rotatable bonds is 4. The molecule has 1 atom stereocenters. The predicted molar refractivity (Wildman–Crippen MR) is 54.3 cm³/mol. The Morgan fingerprint density at radius 3 is 2.00 bits per heavy atom. The Morgan fingerprint density at radius 2 is 1.77 bits per heavy atom. The van der Waals surface area contributed by atoms with E-state index in [0.29, 0.717) is 12.8 Å². The molecule has 0 aliphatic carbocycles. The molecule has 13 heavy (non-hydrogen) atoms. The van der Waals surface area contributed by atoms with Crippen molar-refractivity contribution >= 4 is 10.1 Å². The van der Waals surface area contributed by atoms with Crippen LogP contribution in [0.25, 0.3) is 0 Å².